The second kappa shape index (κ2) is 8.53. The summed E-state index contributed by atoms with van der Waals surface area (Å²) in [5, 5.41) is 6.08. The lowest BCUT2D eigenvalue weighted by molar-refractivity contribution is 0.102. The minimum atomic E-state index is -0.382. The van der Waals surface area contributed by atoms with Crippen molar-refractivity contribution in [3.05, 3.63) is 102 Å². The number of nitrogens with one attached hydrogen (secondary N) is 2. The number of nitrogens with zero attached hydrogens (tertiary/aromatic N) is 2. The number of anilines is 3. The minimum Gasteiger partial charge on any atom is -0.340 e. The van der Waals surface area contributed by atoms with Gasteiger partial charge in [-0.05, 0) is 49.4 Å². The molecule has 3 aromatic carbocycles. The molecule has 1 aromatic heterocycles. The number of rotatable bonds is 5. The van der Waals surface area contributed by atoms with Gasteiger partial charge in [-0.15, -0.1) is 0 Å². The summed E-state index contributed by atoms with van der Waals surface area (Å²) < 4.78 is 13.1. The van der Waals surface area contributed by atoms with Gasteiger partial charge in [0, 0.05) is 28.6 Å². The molecule has 4 rings (SSSR count). The van der Waals surface area contributed by atoms with Gasteiger partial charge < -0.3 is 10.6 Å². The zero-order chi connectivity index (χ0) is 20.9. The van der Waals surface area contributed by atoms with E-state index in [1.54, 1.807) is 12.1 Å². The first-order valence-electron chi connectivity index (χ1n) is 9.42. The minimum absolute atomic E-state index is 0.309. The Morgan fingerprint density at radius 2 is 1.57 bits per heavy atom. The third-order valence-corrected chi connectivity index (χ3v) is 4.41. The third-order valence-electron chi connectivity index (χ3n) is 4.41. The van der Waals surface area contributed by atoms with E-state index in [1.807, 2.05) is 55.5 Å². The van der Waals surface area contributed by atoms with E-state index in [4.69, 9.17) is 0 Å². The van der Waals surface area contributed by atoms with Gasteiger partial charge in [0.05, 0.1) is 5.69 Å². The van der Waals surface area contributed by atoms with E-state index < -0.39 is 0 Å². The van der Waals surface area contributed by atoms with E-state index in [0.717, 1.165) is 16.9 Å². The summed E-state index contributed by atoms with van der Waals surface area (Å²) in [5.74, 6) is 0.618. The van der Waals surface area contributed by atoms with Crippen molar-refractivity contribution in [3.63, 3.8) is 0 Å². The van der Waals surface area contributed by atoms with Gasteiger partial charge in [-0.1, -0.05) is 36.4 Å². The number of carbonyl (C=O) groups excluding carboxylic acids is 1. The molecule has 1 heterocycles. The molecule has 6 heteroatoms. The van der Waals surface area contributed by atoms with E-state index in [1.165, 1.54) is 24.3 Å². The lowest BCUT2D eigenvalue weighted by Gasteiger charge is -2.11. The van der Waals surface area contributed by atoms with Crippen LogP contribution in [0, 0.1) is 12.7 Å². The third kappa shape index (κ3) is 4.67. The van der Waals surface area contributed by atoms with E-state index in [0.29, 0.717) is 22.9 Å². The molecule has 0 aliphatic heterocycles. The maximum Gasteiger partial charge on any atom is 0.255 e. The SMILES string of the molecule is Cc1nc(Nc2cccc(NC(=O)c3ccc(F)cc3)c2)cc(-c2ccccc2)n1. The predicted octanol–water partition coefficient (Wildman–Crippen LogP) is 5.59. The number of amides is 1. The number of aromatic nitrogens is 2. The van der Waals surface area contributed by atoms with Gasteiger partial charge in [-0.2, -0.15) is 0 Å². The second-order valence-electron chi connectivity index (χ2n) is 6.72. The number of hydrogen-bond donors (Lipinski definition) is 2. The number of hydrogen-bond acceptors (Lipinski definition) is 4. The van der Waals surface area contributed by atoms with Gasteiger partial charge in [0.15, 0.2) is 0 Å². The smallest absolute Gasteiger partial charge is 0.255 e. The van der Waals surface area contributed by atoms with E-state index in [-0.39, 0.29) is 11.7 Å². The molecule has 0 bridgehead atoms. The van der Waals surface area contributed by atoms with Gasteiger partial charge in [-0.3, -0.25) is 4.79 Å². The zero-order valence-corrected chi connectivity index (χ0v) is 16.3. The molecule has 4 aromatic rings. The number of carbonyl (C=O) groups is 1. The van der Waals surface area contributed by atoms with Crippen LogP contribution in [0.5, 0.6) is 0 Å². The zero-order valence-electron chi connectivity index (χ0n) is 16.3. The standard InChI is InChI=1S/C24H19FN4O/c1-16-26-22(17-6-3-2-4-7-17)15-23(27-16)28-20-8-5-9-21(14-20)29-24(30)18-10-12-19(25)13-11-18/h2-15H,1H3,(H,29,30)(H,26,27,28). The molecule has 5 nitrogen and oxygen atoms in total. The number of aryl methyl sites for hydroxylation is 1. The Labute approximate surface area is 173 Å². The van der Waals surface area contributed by atoms with E-state index in [9.17, 15) is 9.18 Å². The molecule has 0 saturated heterocycles. The summed E-state index contributed by atoms with van der Waals surface area (Å²) in [6, 6.07) is 24.5. The van der Waals surface area contributed by atoms with Crippen LogP contribution in [0.25, 0.3) is 11.3 Å². The molecule has 0 radical (unpaired) electrons. The summed E-state index contributed by atoms with van der Waals surface area (Å²) >= 11 is 0. The van der Waals surface area contributed by atoms with Crippen LogP contribution in [0.1, 0.15) is 16.2 Å². The van der Waals surface area contributed by atoms with Crippen molar-refractivity contribution < 1.29 is 9.18 Å². The highest BCUT2D eigenvalue weighted by Crippen LogP contribution is 2.23. The number of benzene rings is 3. The quantitative estimate of drug-likeness (QED) is 0.460. The fourth-order valence-corrected chi connectivity index (χ4v) is 3.02. The van der Waals surface area contributed by atoms with Crippen LogP contribution < -0.4 is 10.6 Å². The lowest BCUT2D eigenvalue weighted by atomic mass is 10.1. The molecule has 30 heavy (non-hydrogen) atoms. The van der Waals surface area contributed by atoms with Gasteiger partial charge in [-0.25, -0.2) is 14.4 Å². The van der Waals surface area contributed by atoms with Gasteiger partial charge in [0.2, 0.25) is 0 Å². The highest BCUT2D eigenvalue weighted by molar-refractivity contribution is 6.04. The van der Waals surface area contributed by atoms with Crippen LogP contribution >= 0.6 is 0 Å². The van der Waals surface area contributed by atoms with Crippen molar-refractivity contribution in [2.24, 2.45) is 0 Å². The van der Waals surface area contributed by atoms with Crippen LogP contribution in [-0.4, -0.2) is 15.9 Å². The summed E-state index contributed by atoms with van der Waals surface area (Å²) in [6.07, 6.45) is 0. The molecule has 0 unspecified atom stereocenters. The Kier molecular flexibility index (Phi) is 5.48. The monoisotopic (exact) mass is 398 g/mol. The summed E-state index contributed by atoms with van der Waals surface area (Å²) in [7, 11) is 0. The van der Waals surface area contributed by atoms with Gasteiger partial charge in [0.1, 0.15) is 17.5 Å². The Morgan fingerprint density at radius 1 is 0.833 bits per heavy atom. The van der Waals surface area contributed by atoms with Crippen molar-refractivity contribution in [2.45, 2.75) is 6.92 Å². The molecule has 2 N–H and O–H groups in total. The first-order valence-corrected chi connectivity index (χ1v) is 9.42. The molecule has 1 amide bonds. The summed E-state index contributed by atoms with van der Waals surface area (Å²) in [6.45, 7) is 1.84. The molecular weight excluding hydrogens is 379 g/mol. The average molecular weight is 398 g/mol. The van der Waals surface area contributed by atoms with Crippen molar-refractivity contribution in [3.8, 4) is 11.3 Å². The van der Waals surface area contributed by atoms with Gasteiger partial charge >= 0.3 is 0 Å². The van der Waals surface area contributed by atoms with Crippen molar-refractivity contribution in [1.29, 1.82) is 0 Å². The lowest BCUT2D eigenvalue weighted by Crippen LogP contribution is -2.11. The van der Waals surface area contributed by atoms with Crippen LogP contribution in [0.3, 0.4) is 0 Å². The fourth-order valence-electron chi connectivity index (χ4n) is 3.02. The molecule has 0 saturated carbocycles. The second-order valence-corrected chi connectivity index (χ2v) is 6.72. The molecule has 0 aliphatic rings. The predicted molar refractivity (Wildman–Crippen MR) is 116 cm³/mol. The summed E-state index contributed by atoms with van der Waals surface area (Å²) in [4.78, 5) is 21.3. The number of halogens is 1. The largest absolute Gasteiger partial charge is 0.340 e. The average Bonchev–Trinajstić information content (AvgIpc) is 2.75. The van der Waals surface area contributed by atoms with Crippen molar-refractivity contribution in [1.82, 2.24) is 9.97 Å². The summed E-state index contributed by atoms with van der Waals surface area (Å²) in [5.41, 5.74) is 3.60. The molecule has 0 atom stereocenters. The first kappa shape index (κ1) is 19.3. The maximum atomic E-state index is 13.1. The van der Waals surface area contributed by atoms with Crippen molar-refractivity contribution >= 4 is 23.1 Å². The molecule has 0 fully saturated rings. The Balaban J connectivity index is 1.53. The van der Waals surface area contributed by atoms with Crippen LogP contribution in [-0.2, 0) is 0 Å². The normalized spacial score (nSPS) is 10.5. The van der Waals surface area contributed by atoms with Crippen LogP contribution in [0.2, 0.25) is 0 Å². The van der Waals surface area contributed by atoms with Gasteiger partial charge in [0.25, 0.3) is 5.91 Å². The highest BCUT2D eigenvalue weighted by atomic mass is 19.1. The Hall–Kier alpha value is -4.06. The first-order chi connectivity index (χ1) is 14.6. The van der Waals surface area contributed by atoms with Crippen LogP contribution in [0.15, 0.2) is 84.9 Å². The molecule has 0 aliphatic carbocycles. The van der Waals surface area contributed by atoms with E-state index in [2.05, 4.69) is 20.6 Å². The maximum absolute atomic E-state index is 13.1. The Morgan fingerprint density at radius 3 is 2.33 bits per heavy atom. The molecule has 0 spiro atoms. The van der Waals surface area contributed by atoms with Crippen molar-refractivity contribution in [2.75, 3.05) is 10.6 Å². The highest BCUT2D eigenvalue weighted by Gasteiger charge is 2.08. The Bertz CT molecular complexity index is 1180. The van der Waals surface area contributed by atoms with E-state index >= 15 is 0 Å². The topological polar surface area (TPSA) is 66.9 Å². The molecule has 148 valence electrons. The van der Waals surface area contributed by atoms with Crippen LogP contribution in [0.4, 0.5) is 21.6 Å². The fraction of sp³-hybridized carbons (Fsp3) is 0.0417. The molecular formula is C24H19FN4O.